The monoisotopic (exact) mass is 1620 g/mol. The van der Waals surface area contributed by atoms with Gasteiger partial charge in [-0.3, -0.25) is 57.7 Å². The maximum absolute atomic E-state index is 15.0. The highest BCUT2D eigenvalue weighted by molar-refractivity contribution is 7.09. The molecule has 4 aromatic rings. The Hall–Kier alpha value is -9.42. The average Bonchev–Trinajstić information content (AvgIpc) is 1.80. The Kier molecular flexibility index (Phi) is 40.6. The van der Waals surface area contributed by atoms with E-state index in [4.69, 9.17) is 39.2 Å². The lowest BCUT2D eigenvalue weighted by Gasteiger charge is -2.39. The van der Waals surface area contributed by atoms with Crippen molar-refractivity contribution >= 4 is 87.9 Å². The van der Waals surface area contributed by atoms with Crippen LogP contribution in [0.25, 0.3) is 0 Å². The topological polar surface area (TPSA) is 396 Å². The molecule has 3 heterocycles. The molecule has 1 aromatic heterocycles. The highest BCUT2D eigenvalue weighted by Crippen LogP contribution is 2.34. The molecule has 1 fully saturated rings. The van der Waals surface area contributed by atoms with Gasteiger partial charge in [0.05, 0.1) is 89.2 Å². The van der Waals surface area contributed by atoms with Crippen LogP contribution in [-0.2, 0) is 84.6 Å². The number of esters is 1. The third kappa shape index (κ3) is 32.3. The van der Waals surface area contributed by atoms with E-state index in [1.165, 1.54) is 17.4 Å². The number of carboxylic acid groups (broad SMARTS) is 1. The number of carboxylic acids is 1. The molecule has 632 valence electrons. The molecular formula is C84H122N12O18S. The second kappa shape index (κ2) is 49.5. The lowest BCUT2D eigenvalue weighted by Crippen LogP contribution is -2.58. The molecule has 2 aliphatic rings. The number of benzene rings is 3. The van der Waals surface area contributed by atoms with Gasteiger partial charge < -0.3 is 76.6 Å². The molecule has 0 radical (unpaired) electrons. The first-order chi connectivity index (χ1) is 55.0. The molecule has 0 unspecified atom stereocenters. The molecule has 0 saturated carbocycles. The first-order valence-electron chi connectivity index (χ1n) is 40.2. The van der Waals surface area contributed by atoms with Crippen LogP contribution in [0.2, 0.25) is 0 Å². The summed E-state index contributed by atoms with van der Waals surface area (Å²) in [5.41, 5.74) is 8.19. The number of hydrogen-bond acceptors (Lipinski definition) is 20. The van der Waals surface area contributed by atoms with Gasteiger partial charge in [-0.2, -0.15) is 0 Å². The molecule has 1 saturated heterocycles. The van der Waals surface area contributed by atoms with E-state index in [0.29, 0.717) is 49.4 Å². The third-order valence-corrected chi connectivity index (χ3v) is 21.0. The van der Waals surface area contributed by atoms with E-state index in [0.717, 1.165) is 60.3 Å². The SMILES string of the molecule is CCCCCON(C(=O)[C@@H](NC(=O)[C@H]1CCCCN1C)[C@@H](C)CC)[C@H](C[C@@H](OC(C)=O)c1nc(C(=O)N[C@@H](Cc2ccc(NC(=O)[C@H](CCCNC(N)=O)NC(=O)[C@@H](NC(=O)CCOCCOCCOCCOCCNC(=O)CCC(=O)N3Cc4ccccc4C#Cc4ccccc43)C(C)C)cc2)CC(C)(C)C(=O)O)cs1)C(C)C. The first-order valence-corrected chi connectivity index (χ1v) is 41.1. The van der Waals surface area contributed by atoms with Gasteiger partial charge in [-0.15, -0.1) is 11.3 Å². The zero-order chi connectivity index (χ0) is 84.0. The van der Waals surface area contributed by atoms with Crippen molar-refractivity contribution in [1.82, 2.24) is 46.8 Å². The van der Waals surface area contributed by atoms with Crippen molar-refractivity contribution in [3.8, 4) is 11.8 Å². The normalized spacial score (nSPS) is 15.2. The molecule has 115 heavy (non-hydrogen) atoms. The summed E-state index contributed by atoms with van der Waals surface area (Å²) in [4.78, 5) is 163. The van der Waals surface area contributed by atoms with Gasteiger partial charge in [0.15, 0.2) is 6.10 Å². The number of nitrogens with one attached hydrogen (secondary N) is 7. The third-order valence-electron chi connectivity index (χ3n) is 20.0. The highest BCUT2D eigenvalue weighted by atomic mass is 32.1. The van der Waals surface area contributed by atoms with Crippen LogP contribution in [0.3, 0.4) is 0 Å². The van der Waals surface area contributed by atoms with Crippen LogP contribution < -0.4 is 47.9 Å². The van der Waals surface area contributed by atoms with E-state index < -0.39 is 95.2 Å². The molecule has 2 aliphatic heterocycles. The fraction of sp³-hybridized carbons (Fsp3) is 0.595. The quantitative estimate of drug-likeness (QED) is 0.00868. The number of ether oxygens (including phenoxy) is 5. The number of thiazole rings is 1. The minimum Gasteiger partial charge on any atom is -0.481 e. The summed E-state index contributed by atoms with van der Waals surface area (Å²) >= 11 is 1.08. The van der Waals surface area contributed by atoms with Crippen LogP contribution in [0.15, 0.2) is 78.2 Å². The maximum atomic E-state index is 15.0. The number of amides is 10. The van der Waals surface area contributed by atoms with E-state index in [1.54, 1.807) is 56.9 Å². The number of carbonyl (C=O) groups is 11. The summed E-state index contributed by atoms with van der Waals surface area (Å²) in [6, 6.07) is 16.0. The number of hydrogen-bond donors (Lipinski definition) is 9. The van der Waals surface area contributed by atoms with Crippen LogP contribution in [0.4, 0.5) is 16.2 Å². The van der Waals surface area contributed by atoms with E-state index >= 15 is 4.79 Å². The number of carbonyl (C=O) groups excluding carboxylic acids is 10. The lowest BCUT2D eigenvalue weighted by atomic mass is 9.84. The zero-order valence-corrected chi connectivity index (χ0v) is 69.6. The summed E-state index contributed by atoms with van der Waals surface area (Å²) in [5, 5.41) is 33.2. The molecule has 6 rings (SSSR count). The Labute approximate surface area is 680 Å². The molecule has 30 nitrogen and oxygen atoms in total. The van der Waals surface area contributed by atoms with Crippen molar-refractivity contribution in [2.45, 2.75) is 214 Å². The van der Waals surface area contributed by atoms with Crippen LogP contribution in [0.5, 0.6) is 0 Å². The summed E-state index contributed by atoms with van der Waals surface area (Å²) in [7, 11) is 1.91. The van der Waals surface area contributed by atoms with Gasteiger partial charge >= 0.3 is 18.0 Å². The van der Waals surface area contributed by atoms with Gasteiger partial charge in [-0.25, -0.2) is 14.8 Å². The number of piperidine rings is 1. The standard InChI is InChI=1S/C84H122N12O18S/c1-12-14-21-41-113-96(81(105)75(57(7)13-2)93-78(103)68-28-19-20-40-94(68)11)69(55(3)4)51-70(114-58(8)97)80-91-66(54-115-80)77(102)89-64(52-84(9,10)82(106)107)50-59-29-33-63(34-30-59)88-76(101)65(26-22-38-87-83(85)108)90-79(104)74(56(5)6)92-72(99)37-42-109-44-46-111-48-49-112-47-45-110-43-39-86-71(98)35-36-73(100)95-53-62-25-16-15-23-60(62)31-32-61-24-17-18-27-67(61)95/h15-18,23-25,27,29-30,33-34,54-57,64-65,68-70,74-75H,12-14,19-22,26,28,35-53H2,1-11H3,(H,86,98)(H,88,101)(H,89,102)(H,90,104)(H,92,99)(H,93,103)(H,106,107)(H3,85,87,108)/t57-,64-,65-,68+,69+,70+,74-,75-/m0/s1. The number of likely N-dealkylation sites (N-methyl/N-ethyl adjacent to an activating group) is 1. The number of nitrogens with zero attached hydrogens (tertiary/aromatic N) is 4. The molecule has 3 aromatic carbocycles. The first kappa shape index (κ1) is 94.4. The van der Waals surface area contributed by atoms with Gasteiger partial charge in [0.2, 0.25) is 35.4 Å². The van der Waals surface area contributed by atoms with E-state index in [2.05, 4.69) is 56.0 Å². The summed E-state index contributed by atoms with van der Waals surface area (Å²) in [6.45, 7) is 21.1. The fourth-order valence-corrected chi connectivity index (χ4v) is 14.0. The Morgan fingerprint density at radius 3 is 2.01 bits per heavy atom. The number of unbranched alkanes of at least 4 members (excludes halogenated alkanes) is 2. The molecular weight excluding hydrogens is 1500 g/mol. The number of fused-ring (bicyclic) bond motifs is 2. The van der Waals surface area contributed by atoms with Crippen LogP contribution >= 0.6 is 11.3 Å². The second-order valence-electron chi connectivity index (χ2n) is 30.5. The second-order valence-corrected chi connectivity index (χ2v) is 31.4. The number of aromatic nitrogens is 1. The summed E-state index contributed by atoms with van der Waals surface area (Å²) < 4.78 is 28.3. The predicted octanol–water partition coefficient (Wildman–Crippen LogP) is 8.28. The Morgan fingerprint density at radius 1 is 0.704 bits per heavy atom. The van der Waals surface area contributed by atoms with Crippen molar-refractivity contribution in [2.24, 2.45) is 28.9 Å². The van der Waals surface area contributed by atoms with Crippen LogP contribution in [-0.4, -0.2) is 208 Å². The number of aliphatic carboxylic acids is 1. The van der Waals surface area contributed by atoms with Gasteiger partial charge in [0.25, 0.3) is 11.8 Å². The predicted molar refractivity (Wildman–Crippen MR) is 436 cm³/mol. The molecule has 0 spiro atoms. The number of likely N-dealkylation sites (tertiary alicyclic amines) is 1. The van der Waals surface area contributed by atoms with Crippen molar-refractivity contribution in [2.75, 3.05) is 96.4 Å². The Balaban J connectivity index is 0.958. The fourth-order valence-electron chi connectivity index (χ4n) is 13.2. The molecule has 31 heteroatoms. The Morgan fingerprint density at radius 2 is 1.37 bits per heavy atom. The van der Waals surface area contributed by atoms with E-state index in [9.17, 15) is 53.1 Å². The number of hydroxylamine groups is 2. The van der Waals surface area contributed by atoms with Crippen LogP contribution in [0, 0.1) is 35.0 Å². The van der Waals surface area contributed by atoms with Crippen molar-refractivity contribution in [1.29, 1.82) is 0 Å². The minimum absolute atomic E-state index is 0.0206. The number of nitrogens with two attached hydrogens (primary N) is 1. The van der Waals surface area contributed by atoms with Crippen molar-refractivity contribution in [3.05, 3.63) is 111 Å². The largest absolute Gasteiger partial charge is 0.481 e. The van der Waals surface area contributed by atoms with Crippen molar-refractivity contribution < 1.29 is 86.4 Å². The van der Waals surface area contributed by atoms with Gasteiger partial charge in [0, 0.05) is 73.9 Å². The highest BCUT2D eigenvalue weighted by Gasteiger charge is 2.41. The number of anilines is 2. The molecule has 10 N–H and O–H groups in total. The zero-order valence-electron chi connectivity index (χ0n) is 68.7. The molecule has 8 atom stereocenters. The summed E-state index contributed by atoms with van der Waals surface area (Å²) in [6.07, 6.45) is 4.89. The van der Waals surface area contributed by atoms with Crippen molar-refractivity contribution in [3.63, 3.8) is 0 Å². The number of para-hydroxylation sites is 1. The molecule has 0 aliphatic carbocycles. The van der Waals surface area contributed by atoms with E-state index in [-0.39, 0.29) is 164 Å². The van der Waals surface area contributed by atoms with E-state index in [1.807, 2.05) is 88.2 Å². The average molecular weight is 1620 g/mol. The van der Waals surface area contributed by atoms with Gasteiger partial charge in [-0.05, 0) is 132 Å². The van der Waals surface area contributed by atoms with Gasteiger partial charge in [-0.1, -0.05) is 128 Å². The number of primary amides is 1. The van der Waals surface area contributed by atoms with Gasteiger partial charge in [0.1, 0.15) is 28.8 Å². The number of urea groups is 1. The molecule has 10 amide bonds. The maximum Gasteiger partial charge on any atom is 0.312 e. The lowest BCUT2D eigenvalue weighted by molar-refractivity contribution is -0.213. The summed E-state index contributed by atoms with van der Waals surface area (Å²) in [5.74, 6) is 0.276. The smallest absolute Gasteiger partial charge is 0.312 e. The Bertz CT molecular complexity index is 3880. The molecule has 0 bridgehead atoms. The van der Waals surface area contributed by atoms with Crippen LogP contribution in [0.1, 0.15) is 203 Å². The minimum atomic E-state index is -1.32. The number of rotatable bonds is 51.